The standard InChI is InChI=1S/C30H35ClN6O6/c1-36(15-16-42-2)30(41)21-10-11-22-24(33-21)25(26(43-22)28(39)34-23-12-9-20(31)17-32-23)35-27(38)18-5-7-19(8-6-18)29(40)37-13-3-4-14-37/h9-12,17-19H,3-8,13-16H2,1-2H3,(H,35,38)(H,32,34,39)/t18-,19-. The number of hydrogen-bond acceptors (Lipinski definition) is 8. The number of aromatic nitrogens is 2. The highest BCUT2D eigenvalue weighted by molar-refractivity contribution is 6.30. The molecule has 0 radical (unpaired) electrons. The zero-order valence-corrected chi connectivity index (χ0v) is 25.0. The molecule has 43 heavy (non-hydrogen) atoms. The van der Waals surface area contributed by atoms with E-state index < -0.39 is 5.91 Å². The number of nitrogens with one attached hydrogen (secondary N) is 2. The summed E-state index contributed by atoms with van der Waals surface area (Å²) in [6.07, 6.45) is 5.81. The molecular formula is C30H35ClN6O6. The van der Waals surface area contributed by atoms with Crippen molar-refractivity contribution in [1.82, 2.24) is 19.8 Å². The zero-order chi connectivity index (χ0) is 30.5. The predicted octanol–water partition coefficient (Wildman–Crippen LogP) is 4.21. The minimum absolute atomic E-state index is 0.0657. The maximum Gasteiger partial charge on any atom is 0.294 e. The van der Waals surface area contributed by atoms with E-state index in [0.29, 0.717) is 43.9 Å². The van der Waals surface area contributed by atoms with Crippen LogP contribution < -0.4 is 10.6 Å². The van der Waals surface area contributed by atoms with Gasteiger partial charge in [-0.1, -0.05) is 11.6 Å². The van der Waals surface area contributed by atoms with E-state index in [2.05, 4.69) is 20.6 Å². The van der Waals surface area contributed by atoms with Gasteiger partial charge in [-0.2, -0.15) is 0 Å². The average molecular weight is 611 g/mol. The summed E-state index contributed by atoms with van der Waals surface area (Å²) in [7, 11) is 3.18. The molecule has 2 fully saturated rings. The van der Waals surface area contributed by atoms with Gasteiger partial charge in [-0.15, -0.1) is 0 Å². The summed E-state index contributed by atoms with van der Waals surface area (Å²) >= 11 is 5.92. The fourth-order valence-corrected chi connectivity index (χ4v) is 5.65. The van der Waals surface area contributed by atoms with E-state index in [-0.39, 0.29) is 63.6 Å². The van der Waals surface area contributed by atoms with Gasteiger partial charge in [0.2, 0.25) is 17.6 Å². The Kier molecular flexibility index (Phi) is 9.56. The van der Waals surface area contributed by atoms with E-state index in [9.17, 15) is 19.2 Å². The number of carbonyl (C=O) groups excluding carboxylic acids is 4. The summed E-state index contributed by atoms with van der Waals surface area (Å²) in [6.45, 7) is 2.33. The Bertz CT molecular complexity index is 1490. The summed E-state index contributed by atoms with van der Waals surface area (Å²) in [4.78, 5) is 64.8. The third-order valence-corrected chi connectivity index (χ3v) is 8.24. The van der Waals surface area contributed by atoms with Crippen molar-refractivity contribution in [1.29, 1.82) is 0 Å². The molecule has 0 aromatic carbocycles. The van der Waals surface area contributed by atoms with Gasteiger partial charge in [0.1, 0.15) is 22.7 Å². The number of furan rings is 1. The lowest BCUT2D eigenvalue weighted by Gasteiger charge is -2.29. The van der Waals surface area contributed by atoms with Crippen LogP contribution in [0.4, 0.5) is 11.5 Å². The monoisotopic (exact) mass is 610 g/mol. The highest BCUT2D eigenvalue weighted by Gasteiger charge is 2.34. The summed E-state index contributed by atoms with van der Waals surface area (Å²) in [6, 6.07) is 6.16. The van der Waals surface area contributed by atoms with Crippen LogP contribution in [0.15, 0.2) is 34.9 Å². The first-order chi connectivity index (χ1) is 20.7. The Morgan fingerprint density at radius 3 is 2.44 bits per heavy atom. The van der Waals surface area contributed by atoms with Crippen LogP contribution in [-0.4, -0.2) is 83.8 Å². The van der Waals surface area contributed by atoms with E-state index in [1.54, 1.807) is 26.3 Å². The summed E-state index contributed by atoms with van der Waals surface area (Å²) in [5.74, 6) is -1.50. The molecule has 1 saturated carbocycles. The Labute approximate surface area is 254 Å². The normalized spacial score (nSPS) is 18.4. The van der Waals surface area contributed by atoms with Gasteiger partial charge in [0, 0.05) is 51.8 Å². The first-order valence-corrected chi connectivity index (χ1v) is 14.8. The lowest BCUT2D eigenvalue weighted by Crippen LogP contribution is -2.37. The second kappa shape index (κ2) is 13.5. The highest BCUT2D eigenvalue weighted by Crippen LogP contribution is 2.35. The molecule has 2 aliphatic rings. The second-order valence-electron chi connectivity index (χ2n) is 11.0. The molecule has 0 unspecified atom stereocenters. The number of anilines is 2. The van der Waals surface area contributed by atoms with Crippen LogP contribution in [0.5, 0.6) is 0 Å². The second-order valence-corrected chi connectivity index (χ2v) is 11.4. The maximum atomic E-state index is 13.5. The molecule has 3 aromatic rings. The molecule has 228 valence electrons. The van der Waals surface area contributed by atoms with Crippen LogP contribution in [0.1, 0.15) is 59.6 Å². The lowest BCUT2D eigenvalue weighted by atomic mass is 9.81. The molecule has 3 aromatic heterocycles. The number of hydrogen-bond donors (Lipinski definition) is 2. The van der Waals surface area contributed by atoms with Gasteiger partial charge in [0.15, 0.2) is 5.58 Å². The van der Waals surface area contributed by atoms with Crippen LogP contribution in [-0.2, 0) is 14.3 Å². The number of halogens is 1. The molecule has 0 spiro atoms. The van der Waals surface area contributed by atoms with Crippen molar-refractivity contribution < 1.29 is 28.3 Å². The molecule has 1 saturated heterocycles. The molecule has 4 amide bonds. The Morgan fingerprint density at radius 2 is 1.77 bits per heavy atom. The molecule has 13 heteroatoms. The SMILES string of the molecule is COCCN(C)C(=O)c1ccc2oc(C(=O)Nc3ccc(Cl)cn3)c(NC(=O)[C@H]3CC[C@H](C(=O)N4CCCC4)CC3)c2n1. The number of carbonyl (C=O) groups is 4. The van der Waals surface area contributed by atoms with Crippen molar-refractivity contribution in [2.24, 2.45) is 11.8 Å². The van der Waals surface area contributed by atoms with Crippen molar-refractivity contribution in [3.63, 3.8) is 0 Å². The van der Waals surface area contributed by atoms with Gasteiger partial charge in [-0.05, 0) is 62.8 Å². The average Bonchev–Trinajstić information content (AvgIpc) is 3.69. The number of rotatable bonds is 9. The number of methoxy groups -OCH3 is 1. The molecule has 0 bridgehead atoms. The quantitative estimate of drug-likeness (QED) is 0.366. The summed E-state index contributed by atoms with van der Waals surface area (Å²) < 4.78 is 10.9. The molecule has 2 N–H and O–H groups in total. The van der Waals surface area contributed by atoms with Crippen LogP contribution in [0.3, 0.4) is 0 Å². The predicted molar refractivity (Wildman–Crippen MR) is 160 cm³/mol. The first kappa shape index (κ1) is 30.4. The number of likely N-dealkylation sites (tertiary alicyclic amines) is 1. The van der Waals surface area contributed by atoms with Crippen LogP contribution in [0, 0.1) is 11.8 Å². The number of amides is 4. The topological polar surface area (TPSA) is 147 Å². The Morgan fingerprint density at radius 1 is 1.05 bits per heavy atom. The first-order valence-electron chi connectivity index (χ1n) is 14.5. The van der Waals surface area contributed by atoms with Crippen molar-refractivity contribution in [2.45, 2.75) is 38.5 Å². The van der Waals surface area contributed by atoms with E-state index in [0.717, 1.165) is 25.9 Å². The van der Waals surface area contributed by atoms with Gasteiger partial charge in [-0.25, -0.2) is 9.97 Å². The molecule has 0 atom stereocenters. The molecule has 1 aliphatic heterocycles. The Balaban J connectivity index is 1.38. The molecule has 4 heterocycles. The van der Waals surface area contributed by atoms with Gasteiger partial charge in [0.25, 0.3) is 11.8 Å². The van der Waals surface area contributed by atoms with Crippen LogP contribution >= 0.6 is 11.6 Å². The zero-order valence-electron chi connectivity index (χ0n) is 24.2. The number of fused-ring (bicyclic) bond motifs is 1. The molecular weight excluding hydrogens is 576 g/mol. The maximum absolute atomic E-state index is 13.5. The number of nitrogens with zero attached hydrogens (tertiary/aromatic N) is 4. The van der Waals surface area contributed by atoms with E-state index in [4.69, 9.17) is 20.8 Å². The smallest absolute Gasteiger partial charge is 0.294 e. The van der Waals surface area contributed by atoms with E-state index in [1.165, 1.54) is 23.2 Å². The van der Waals surface area contributed by atoms with Gasteiger partial charge in [-0.3, -0.25) is 19.2 Å². The third-order valence-electron chi connectivity index (χ3n) is 8.02. The van der Waals surface area contributed by atoms with Crippen molar-refractivity contribution in [3.8, 4) is 0 Å². The fraction of sp³-hybridized carbons (Fsp3) is 0.467. The van der Waals surface area contributed by atoms with E-state index >= 15 is 0 Å². The van der Waals surface area contributed by atoms with Crippen molar-refractivity contribution >= 4 is 57.8 Å². The number of ether oxygens (including phenoxy) is 1. The molecule has 12 nitrogen and oxygen atoms in total. The summed E-state index contributed by atoms with van der Waals surface area (Å²) in [5, 5.41) is 5.93. The number of likely N-dealkylation sites (N-methyl/N-ethyl adjacent to an activating group) is 1. The van der Waals surface area contributed by atoms with Crippen LogP contribution in [0.25, 0.3) is 11.1 Å². The minimum Gasteiger partial charge on any atom is -0.447 e. The van der Waals surface area contributed by atoms with Crippen molar-refractivity contribution in [2.75, 3.05) is 51.0 Å². The molecule has 5 rings (SSSR count). The lowest BCUT2D eigenvalue weighted by molar-refractivity contribution is -0.136. The minimum atomic E-state index is -0.659. The fourth-order valence-electron chi connectivity index (χ4n) is 5.54. The van der Waals surface area contributed by atoms with Gasteiger partial charge < -0.3 is 29.6 Å². The molecule has 1 aliphatic carbocycles. The van der Waals surface area contributed by atoms with E-state index in [1.807, 2.05) is 4.90 Å². The summed E-state index contributed by atoms with van der Waals surface area (Å²) in [5.41, 5.74) is 0.581. The largest absolute Gasteiger partial charge is 0.447 e. The van der Waals surface area contributed by atoms with Gasteiger partial charge in [0.05, 0.1) is 11.6 Å². The van der Waals surface area contributed by atoms with Gasteiger partial charge >= 0.3 is 0 Å². The Hall–Kier alpha value is -4.03. The third kappa shape index (κ3) is 6.97. The van der Waals surface area contributed by atoms with Crippen LogP contribution in [0.2, 0.25) is 5.02 Å². The number of pyridine rings is 2. The highest BCUT2D eigenvalue weighted by atomic mass is 35.5. The van der Waals surface area contributed by atoms with Crippen molar-refractivity contribution in [3.05, 3.63) is 46.9 Å².